The van der Waals surface area contributed by atoms with E-state index >= 15 is 0 Å². The van der Waals surface area contributed by atoms with Crippen molar-refractivity contribution in [2.75, 3.05) is 0 Å². The lowest BCUT2D eigenvalue weighted by molar-refractivity contribution is -0.142. The van der Waals surface area contributed by atoms with Gasteiger partial charge in [0, 0.05) is 24.3 Å². The Kier molecular flexibility index (Phi) is 4.31. The molecular formula is C19H24N2O4S. The molecule has 2 aliphatic carbocycles. The van der Waals surface area contributed by atoms with Crippen LogP contribution in [0.4, 0.5) is 0 Å². The van der Waals surface area contributed by atoms with Crippen molar-refractivity contribution in [1.29, 1.82) is 0 Å². The van der Waals surface area contributed by atoms with Crippen molar-refractivity contribution >= 4 is 26.9 Å². The summed E-state index contributed by atoms with van der Waals surface area (Å²) >= 11 is 0. The molecule has 1 aromatic carbocycles. The van der Waals surface area contributed by atoms with Gasteiger partial charge in [0.25, 0.3) is 0 Å². The van der Waals surface area contributed by atoms with Gasteiger partial charge in [-0.25, -0.2) is 13.1 Å². The fraction of sp³-hybridized carbons (Fsp3) is 0.526. The van der Waals surface area contributed by atoms with Gasteiger partial charge in [0.05, 0.1) is 10.8 Å². The van der Waals surface area contributed by atoms with Gasteiger partial charge >= 0.3 is 5.97 Å². The Morgan fingerprint density at radius 1 is 1.12 bits per heavy atom. The van der Waals surface area contributed by atoms with Gasteiger partial charge in [0.2, 0.25) is 10.0 Å². The molecule has 2 N–H and O–H groups in total. The van der Waals surface area contributed by atoms with Crippen LogP contribution in [0.3, 0.4) is 0 Å². The maximum Gasteiger partial charge on any atom is 0.306 e. The zero-order valence-electron chi connectivity index (χ0n) is 14.8. The van der Waals surface area contributed by atoms with Gasteiger partial charge in [-0.3, -0.25) is 4.79 Å². The van der Waals surface area contributed by atoms with Gasteiger partial charge in [-0.2, -0.15) is 0 Å². The summed E-state index contributed by atoms with van der Waals surface area (Å²) in [5, 5.41) is 10.1. The van der Waals surface area contributed by atoms with E-state index in [4.69, 9.17) is 5.11 Å². The maximum absolute atomic E-state index is 12.8. The second kappa shape index (κ2) is 6.39. The molecular weight excluding hydrogens is 352 g/mol. The van der Waals surface area contributed by atoms with Crippen LogP contribution in [0.25, 0.3) is 10.9 Å². The molecule has 0 bridgehead atoms. The molecule has 0 unspecified atom stereocenters. The van der Waals surface area contributed by atoms with E-state index in [1.807, 2.05) is 13.1 Å². The number of carboxylic acid groups (broad SMARTS) is 1. The predicted molar refractivity (Wildman–Crippen MR) is 98.6 cm³/mol. The number of nitrogens with one attached hydrogen (secondary N) is 1. The number of benzene rings is 1. The fourth-order valence-electron chi connectivity index (χ4n) is 4.01. The van der Waals surface area contributed by atoms with Crippen molar-refractivity contribution < 1.29 is 18.3 Å². The highest BCUT2D eigenvalue weighted by molar-refractivity contribution is 7.89. The van der Waals surface area contributed by atoms with Crippen LogP contribution in [-0.4, -0.2) is 30.1 Å². The Morgan fingerprint density at radius 3 is 2.42 bits per heavy atom. The molecule has 1 heterocycles. The Hall–Kier alpha value is -1.86. The molecule has 140 valence electrons. The number of nitrogens with zero attached hydrogens (tertiary/aromatic N) is 1. The summed E-state index contributed by atoms with van der Waals surface area (Å²) in [5.41, 5.74) is 2.21. The standard InChI is InChI=1S/C19H24N2O4S/c1-21-17(12-2-3-12)10-14-6-9-16(11-18(14)21)26(24,25)20-15-7-4-13(5-8-15)19(22)23/h6,9-13,15,20H,2-5,7-8H2,1H3,(H,22,23). The SMILES string of the molecule is Cn1c(C2CC2)cc2ccc(S(=O)(=O)NC3CCC(C(=O)O)CC3)cc21. The highest BCUT2D eigenvalue weighted by atomic mass is 32.2. The summed E-state index contributed by atoms with van der Waals surface area (Å²) in [6.45, 7) is 0. The lowest BCUT2D eigenvalue weighted by Crippen LogP contribution is -2.38. The highest BCUT2D eigenvalue weighted by Gasteiger charge is 2.30. The van der Waals surface area contributed by atoms with Crippen molar-refractivity contribution in [2.24, 2.45) is 13.0 Å². The smallest absolute Gasteiger partial charge is 0.306 e. The molecule has 2 aliphatic rings. The van der Waals surface area contributed by atoms with Crippen molar-refractivity contribution in [3.05, 3.63) is 30.0 Å². The van der Waals surface area contributed by atoms with E-state index in [0.29, 0.717) is 31.6 Å². The first-order valence-corrected chi connectivity index (χ1v) is 10.7. The average Bonchev–Trinajstić information content (AvgIpc) is 3.39. The third-order valence-corrected chi connectivity index (χ3v) is 7.28. The van der Waals surface area contributed by atoms with E-state index in [9.17, 15) is 13.2 Å². The van der Waals surface area contributed by atoms with Crippen molar-refractivity contribution in [2.45, 2.75) is 55.4 Å². The first kappa shape index (κ1) is 17.5. The number of hydrogen-bond donors (Lipinski definition) is 2. The molecule has 0 aliphatic heterocycles. The maximum atomic E-state index is 12.8. The molecule has 0 amide bonds. The summed E-state index contributed by atoms with van der Waals surface area (Å²) in [6, 6.07) is 7.24. The van der Waals surface area contributed by atoms with E-state index < -0.39 is 16.0 Å². The Bertz CT molecular complexity index is 951. The Balaban J connectivity index is 1.54. The fourth-order valence-corrected chi connectivity index (χ4v) is 5.34. The molecule has 0 atom stereocenters. The Morgan fingerprint density at radius 2 is 1.81 bits per heavy atom. The Labute approximate surface area is 153 Å². The van der Waals surface area contributed by atoms with Crippen LogP contribution in [0.1, 0.15) is 50.1 Å². The average molecular weight is 376 g/mol. The third kappa shape index (κ3) is 3.25. The summed E-state index contributed by atoms with van der Waals surface area (Å²) in [6.07, 6.45) is 4.57. The number of aromatic nitrogens is 1. The molecule has 4 rings (SSSR count). The number of sulfonamides is 1. The van der Waals surface area contributed by atoms with Crippen LogP contribution in [0.5, 0.6) is 0 Å². The number of aliphatic carboxylic acids is 1. The van der Waals surface area contributed by atoms with E-state index in [-0.39, 0.29) is 16.9 Å². The summed E-state index contributed by atoms with van der Waals surface area (Å²) in [7, 11) is -1.62. The largest absolute Gasteiger partial charge is 0.481 e. The van der Waals surface area contributed by atoms with Crippen molar-refractivity contribution in [1.82, 2.24) is 9.29 Å². The minimum absolute atomic E-state index is 0.193. The number of carboxylic acids is 1. The van der Waals surface area contributed by atoms with Crippen molar-refractivity contribution in [3.8, 4) is 0 Å². The van der Waals surface area contributed by atoms with Gasteiger partial charge in [-0.1, -0.05) is 6.07 Å². The lowest BCUT2D eigenvalue weighted by atomic mass is 9.87. The molecule has 0 radical (unpaired) electrons. The van der Waals surface area contributed by atoms with Gasteiger partial charge in [0.15, 0.2) is 0 Å². The van der Waals surface area contributed by atoms with E-state index in [1.54, 1.807) is 12.1 Å². The number of aryl methyl sites for hydroxylation is 1. The van der Waals surface area contributed by atoms with Gasteiger partial charge < -0.3 is 9.67 Å². The lowest BCUT2D eigenvalue weighted by Gasteiger charge is -2.26. The quantitative estimate of drug-likeness (QED) is 0.840. The number of carbonyl (C=O) groups is 1. The van der Waals surface area contributed by atoms with Crippen LogP contribution in [0.15, 0.2) is 29.2 Å². The molecule has 7 heteroatoms. The summed E-state index contributed by atoms with van der Waals surface area (Å²) in [5.74, 6) is -0.529. The minimum atomic E-state index is -3.61. The normalized spacial score (nSPS) is 24.0. The molecule has 6 nitrogen and oxygen atoms in total. The summed E-state index contributed by atoms with van der Waals surface area (Å²) < 4.78 is 30.4. The molecule has 26 heavy (non-hydrogen) atoms. The number of fused-ring (bicyclic) bond motifs is 1. The van der Waals surface area contributed by atoms with E-state index in [1.165, 1.54) is 18.5 Å². The first-order valence-electron chi connectivity index (χ1n) is 9.19. The van der Waals surface area contributed by atoms with Crippen molar-refractivity contribution in [3.63, 3.8) is 0 Å². The third-order valence-electron chi connectivity index (χ3n) is 5.76. The molecule has 0 spiro atoms. The molecule has 2 aromatic rings. The zero-order valence-corrected chi connectivity index (χ0v) is 15.6. The first-order chi connectivity index (χ1) is 12.3. The highest BCUT2D eigenvalue weighted by Crippen LogP contribution is 2.42. The topological polar surface area (TPSA) is 88.4 Å². The van der Waals surface area contributed by atoms with Gasteiger partial charge in [0.1, 0.15) is 0 Å². The van der Waals surface area contributed by atoms with Crippen LogP contribution >= 0.6 is 0 Å². The summed E-state index contributed by atoms with van der Waals surface area (Å²) in [4.78, 5) is 11.3. The zero-order chi connectivity index (χ0) is 18.5. The number of hydrogen-bond acceptors (Lipinski definition) is 3. The van der Waals surface area contributed by atoms with Crippen LogP contribution in [0.2, 0.25) is 0 Å². The molecule has 0 saturated heterocycles. The molecule has 2 saturated carbocycles. The second-order valence-corrected chi connectivity index (χ2v) is 9.35. The van der Waals surface area contributed by atoms with Crippen LogP contribution in [-0.2, 0) is 21.9 Å². The van der Waals surface area contributed by atoms with E-state index in [0.717, 1.165) is 10.9 Å². The second-order valence-electron chi connectivity index (χ2n) is 7.63. The van der Waals surface area contributed by atoms with E-state index in [2.05, 4.69) is 15.4 Å². The molecule has 1 aromatic heterocycles. The van der Waals surface area contributed by atoms with Gasteiger partial charge in [-0.15, -0.1) is 0 Å². The predicted octanol–water partition coefficient (Wildman–Crippen LogP) is 2.98. The van der Waals surface area contributed by atoms with Gasteiger partial charge in [-0.05, 0) is 68.0 Å². The van der Waals surface area contributed by atoms with Crippen LogP contribution in [0, 0.1) is 5.92 Å². The van der Waals surface area contributed by atoms with Crippen LogP contribution < -0.4 is 4.72 Å². The molecule has 2 fully saturated rings. The monoisotopic (exact) mass is 376 g/mol. The minimum Gasteiger partial charge on any atom is -0.481 e. The number of rotatable bonds is 5.